The minimum Gasteiger partial charge on any atom is -0.469 e. The number of furan rings is 1. The fourth-order valence-corrected chi connectivity index (χ4v) is 3.40. The van der Waals surface area contributed by atoms with E-state index in [1.165, 1.54) is 6.26 Å². The summed E-state index contributed by atoms with van der Waals surface area (Å²) < 4.78 is 6.98. The number of thiazole rings is 1. The zero-order valence-electron chi connectivity index (χ0n) is 15.0. The van der Waals surface area contributed by atoms with Gasteiger partial charge in [-0.3, -0.25) is 20.4 Å². The summed E-state index contributed by atoms with van der Waals surface area (Å²) in [4.78, 5) is 28.8. The van der Waals surface area contributed by atoms with E-state index in [2.05, 4.69) is 15.8 Å². The van der Waals surface area contributed by atoms with Gasteiger partial charge in [-0.1, -0.05) is 0 Å². The SMILES string of the molecule is Cc1nc(-c2cc(C)n(CC(=O)NNC(=O)c3ccoc3C)c2C)cs1. The molecule has 3 aromatic heterocycles. The van der Waals surface area contributed by atoms with Crippen molar-refractivity contribution < 1.29 is 14.0 Å². The van der Waals surface area contributed by atoms with Gasteiger partial charge in [0, 0.05) is 22.3 Å². The van der Waals surface area contributed by atoms with Gasteiger partial charge in [0.2, 0.25) is 0 Å². The maximum Gasteiger partial charge on any atom is 0.273 e. The maximum atomic E-state index is 12.2. The standard InChI is InChI=1S/C18H20N4O3S/c1-10-7-15(16-9-26-13(4)19-16)11(2)22(10)8-17(23)20-21-18(24)14-5-6-25-12(14)3/h5-7,9H,8H2,1-4H3,(H,20,23)(H,21,24). The molecule has 7 nitrogen and oxygen atoms in total. The van der Waals surface area contributed by atoms with Gasteiger partial charge >= 0.3 is 0 Å². The van der Waals surface area contributed by atoms with Crippen molar-refractivity contribution in [2.45, 2.75) is 34.2 Å². The first kappa shape index (κ1) is 17.9. The number of carbonyl (C=O) groups excluding carboxylic acids is 2. The highest BCUT2D eigenvalue weighted by molar-refractivity contribution is 7.09. The van der Waals surface area contributed by atoms with Crippen LogP contribution in [0.25, 0.3) is 11.3 Å². The average Bonchev–Trinajstić information content (AvgIpc) is 3.28. The lowest BCUT2D eigenvalue weighted by molar-refractivity contribution is -0.122. The first-order valence-electron chi connectivity index (χ1n) is 8.09. The Balaban J connectivity index is 1.67. The van der Waals surface area contributed by atoms with Crippen LogP contribution < -0.4 is 10.9 Å². The Labute approximate surface area is 155 Å². The number of hydrazine groups is 1. The van der Waals surface area contributed by atoms with Crippen molar-refractivity contribution >= 4 is 23.2 Å². The van der Waals surface area contributed by atoms with E-state index in [0.29, 0.717) is 11.3 Å². The summed E-state index contributed by atoms with van der Waals surface area (Å²) in [5.41, 5.74) is 9.07. The highest BCUT2D eigenvalue weighted by Gasteiger charge is 2.16. The van der Waals surface area contributed by atoms with Crippen LogP contribution in [0, 0.1) is 27.7 Å². The summed E-state index contributed by atoms with van der Waals surface area (Å²) in [6.45, 7) is 7.65. The van der Waals surface area contributed by atoms with Gasteiger partial charge in [-0.15, -0.1) is 11.3 Å². The van der Waals surface area contributed by atoms with E-state index < -0.39 is 5.91 Å². The number of nitrogens with zero attached hydrogens (tertiary/aromatic N) is 2. The lowest BCUT2D eigenvalue weighted by atomic mass is 10.2. The van der Waals surface area contributed by atoms with Crippen LogP contribution in [0.2, 0.25) is 0 Å². The van der Waals surface area contributed by atoms with Gasteiger partial charge in [0.1, 0.15) is 12.3 Å². The van der Waals surface area contributed by atoms with E-state index in [1.54, 1.807) is 24.3 Å². The van der Waals surface area contributed by atoms with Gasteiger partial charge in [-0.05, 0) is 39.8 Å². The van der Waals surface area contributed by atoms with Crippen LogP contribution in [0.3, 0.4) is 0 Å². The molecule has 0 fully saturated rings. The van der Waals surface area contributed by atoms with E-state index >= 15 is 0 Å². The highest BCUT2D eigenvalue weighted by atomic mass is 32.1. The van der Waals surface area contributed by atoms with E-state index in [9.17, 15) is 9.59 Å². The van der Waals surface area contributed by atoms with Crippen molar-refractivity contribution in [2.24, 2.45) is 0 Å². The van der Waals surface area contributed by atoms with Crippen LogP contribution in [-0.4, -0.2) is 21.4 Å². The summed E-state index contributed by atoms with van der Waals surface area (Å²) in [6, 6.07) is 3.57. The van der Waals surface area contributed by atoms with E-state index in [-0.39, 0.29) is 12.5 Å². The fraction of sp³-hybridized carbons (Fsp3) is 0.278. The molecule has 2 amide bonds. The second-order valence-electron chi connectivity index (χ2n) is 6.02. The van der Waals surface area contributed by atoms with Crippen molar-refractivity contribution in [2.75, 3.05) is 0 Å². The first-order chi connectivity index (χ1) is 12.4. The molecule has 3 rings (SSSR count). The molecule has 136 valence electrons. The molecule has 0 saturated heterocycles. The van der Waals surface area contributed by atoms with E-state index in [0.717, 1.165) is 27.7 Å². The molecule has 3 aromatic rings. The molecule has 0 unspecified atom stereocenters. The van der Waals surface area contributed by atoms with Gasteiger partial charge in [-0.2, -0.15) is 0 Å². The normalized spacial score (nSPS) is 10.8. The summed E-state index contributed by atoms with van der Waals surface area (Å²) in [7, 11) is 0. The molecule has 2 N–H and O–H groups in total. The Morgan fingerprint density at radius 2 is 2.00 bits per heavy atom. The average molecular weight is 372 g/mol. The molecule has 3 heterocycles. The summed E-state index contributed by atoms with van der Waals surface area (Å²) in [6.07, 6.45) is 1.43. The number of hydrogen-bond donors (Lipinski definition) is 2. The third-order valence-electron chi connectivity index (χ3n) is 4.19. The Morgan fingerprint density at radius 3 is 2.62 bits per heavy atom. The van der Waals surface area contributed by atoms with Crippen molar-refractivity contribution in [3.63, 3.8) is 0 Å². The molecule has 0 spiro atoms. The van der Waals surface area contributed by atoms with Gasteiger partial charge < -0.3 is 8.98 Å². The number of aromatic nitrogens is 2. The molecule has 26 heavy (non-hydrogen) atoms. The fourth-order valence-electron chi connectivity index (χ4n) is 2.79. The second kappa shape index (κ2) is 7.17. The summed E-state index contributed by atoms with van der Waals surface area (Å²) in [5.74, 6) is -0.233. The van der Waals surface area contributed by atoms with Gasteiger partial charge in [-0.25, -0.2) is 4.98 Å². The van der Waals surface area contributed by atoms with Crippen LogP contribution in [0.1, 0.15) is 32.5 Å². The molecule has 0 aromatic carbocycles. The quantitative estimate of drug-likeness (QED) is 0.689. The predicted molar refractivity (Wildman–Crippen MR) is 98.8 cm³/mol. The molecule has 0 atom stereocenters. The molecular formula is C18H20N4O3S. The zero-order chi connectivity index (χ0) is 18.8. The largest absolute Gasteiger partial charge is 0.469 e. The number of nitrogens with one attached hydrogen (secondary N) is 2. The van der Waals surface area contributed by atoms with Crippen LogP contribution >= 0.6 is 11.3 Å². The minimum atomic E-state index is -0.413. The Hall–Kier alpha value is -2.87. The van der Waals surface area contributed by atoms with Crippen molar-refractivity contribution in [3.8, 4) is 11.3 Å². The number of rotatable bonds is 4. The predicted octanol–water partition coefficient (Wildman–Crippen LogP) is 2.90. The van der Waals surface area contributed by atoms with Gasteiger partial charge in [0.25, 0.3) is 11.8 Å². The number of hydrogen-bond acceptors (Lipinski definition) is 5. The second-order valence-corrected chi connectivity index (χ2v) is 7.08. The van der Waals surface area contributed by atoms with E-state index in [4.69, 9.17) is 4.42 Å². The van der Waals surface area contributed by atoms with Crippen LogP contribution in [0.4, 0.5) is 0 Å². The van der Waals surface area contributed by atoms with Gasteiger partial charge in [0.15, 0.2) is 0 Å². The topological polar surface area (TPSA) is 89.2 Å². The monoisotopic (exact) mass is 372 g/mol. The van der Waals surface area contributed by atoms with E-state index in [1.807, 2.05) is 36.8 Å². The maximum absolute atomic E-state index is 12.2. The molecule has 0 aliphatic rings. The lowest BCUT2D eigenvalue weighted by Gasteiger charge is -2.11. The molecule has 0 saturated carbocycles. The molecule has 0 radical (unpaired) electrons. The zero-order valence-corrected chi connectivity index (χ0v) is 15.9. The molecule has 0 bridgehead atoms. The number of aryl methyl sites for hydroxylation is 3. The van der Waals surface area contributed by atoms with Crippen molar-refractivity contribution in [1.82, 2.24) is 20.4 Å². The van der Waals surface area contributed by atoms with Crippen molar-refractivity contribution in [1.29, 1.82) is 0 Å². The smallest absolute Gasteiger partial charge is 0.273 e. The van der Waals surface area contributed by atoms with Crippen LogP contribution in [-0.2, 0) is 11.3 Å². The summed E-state index contributed by atoms with van der Waals surface area (Å²) >= 11 is 1.59. The molecule has 8 heteroatoms. The lowest BCUT2D eigenvalue weighted by Crippen LogP contribution is -2.43. The number of amides is 2. The highest BCUT2D eigenvalue weighted by Crippen LogP contribution is 2.27. The van der Waals surface area contributed by atoms with Crippen LogP contribution in [0.5, 0.6) is 0 Å². The number of carbonyl (C=O) groups is 2. The van der Waals surface area contributed by atoms with Gasteiger partial charge in [0.05, 0.1) is 22.5 Å². The molecule has 0 aliphatic heterocycles. The first-order valence-corrected chi connectivity index (χ1v) is 8.97. The third-order valence-corrected chi connectivity index (χ3v) is 4.96. The Kier molecular flexibility index (Phi) is 4.94. The third kappa shape index (κ3) is 3.55. The van der Waals surface area contributed by atoms with Crippen molar-refractivity contribution in [3.05, 3.63) is 51.5 Å². The molecule has 0 aliphatic carbocycles. The minimum absolute atomic E-state index is 0.103. The molecular weight excluding hydrogens is 352 g/mol. The Morgan fingerprint density at radius 1 is 1.23 bits per heavy atom. The Bertz CT molecular complexity index is 967. The summed E-state index contributed by atoms with van der Waals surface area (Å²) in [5, 5.41) is 3.01. The van der Waals surface area contributed by atoms with Crippen LogP contribution in [0.15, 0.2) is 28.2 Å².